The molecule has 0 aromatic carbocycles. The zero-order valence-electron chi connectivity index (χ0n) is 11.0. The van der Waals surface area contributed by atoms with Gasteiger partial charge in [-0.2, -0.15) is 0 Å². The highest BCUT2D eigenvalue weighted by molar-refractivity contribution is 5.73. The van der Waals surface area contributed by atoms with E-state index in [-0.39, 0.29) is 0 Å². The van der Waals surface area contributed by atoms with Crippen molar-refractivity contribution in [1.29, 1.82) is 0 Å². The standard InChI is InChI=1S/C13H21N3O2/c1-3-5-6-11(13(17)18)14-7-10-8-15-12(4-2)16-9-10/h8-9,11,14H,3-7H2,1-2H3,(H,17,18)/t11-/m0/s1. The molecule has 100 valence electrons. The van der Waals surface area contributed by atoms with Crippen LogP contribution in [0.5, 0.6) is 0 Å². The van der Waals surface area contributed by atoms with Crippen LogP contribution < -0.4 is 5.32 Å². The molecule has 2 N–H and O–H groups in total. The van der Waals surface area contributed by atoms with Gasteiger partial charge >= 0.3 is 5.97 Å². The maximum absolute atomic E-state index is 11.0. The Morgan fingerprint density at radius 1 is 1.39 bits per heavy atom. The zero-order chi connectivity index (χ0) is 13.4. The monoisotopic (exact) mass is 251 g/mol. The van der Waals surface area contributed by atoms with Crippen molar-refractivity contribution in [2.24, 2.45) is 0 Å². The maximum atomic E-state index is 11.0. The second kappa shape index (κ2) is 7.76. The van der Waals surface area contributed by atoms with Crippen LogP contribution in [0.4, 0.5) is 0 Å². The number of rotatable bonds is 8. The summed E-state index contributed by atoms with van der Waals surface area (Å²) in [6.07, 6.45) is 6.87. The number of hydrogen-bond acceptors (Lipinski definition) is 4. The average molecular weight is 251 g/mol. The Morgan fingerprint density at radius 3 is 2.56 bits per heavy atom. The average Bonchev–Trinajstić information content (AvgIpc) is 2.39. The number of carbonyl (C=O) groups is 1. The van der Waals surface area contributed by atoms with Crippen molar-refractivity contribution < 1.29 is 9.90 Å². The van der Waals surface area contributed by atoms with Gasteiger partial charge in [0.05, 0.1) is 0 Å². The van der Waals surface area contributed by atoms with E-state index in [9.17, 15) is 4.79 Å². The highest BCUT2D eigenvalue weighted by atomic mass is 16.4. The van der Waals surface area contributed by atoms with Gasteiger partial charge in [-0.15, -0.1) is 0 Å². The highest BCUT2D eigenvalue weighted by Gasteiger charge is 2.15. The van der Waals surface area contributed by atoms with Gasteiger partial charge in [-0.05, 0) is 6.42 Å². The van der Waals surface area contributed by atoms with E-state index in [0.717, 1.165) is 30.7 Å². The summed E-state index contributed by atoms with van der Waals surface area (Å²) in [5.74, 6) is 0.00839. The first-order valence-corrected chi connectivity index (χ1v) is 6.43. The lowest BCUT2D eigenvalue weighted by molar-refractivity contribution is -0.139. The van der Waals surface area contributed by atoms with Gasteiger partial charge in [0.2, 0.25) is 0 Å². The summed E-state index contributed by atoms with van der Waals surface area (Å²) in [4.78, 5) is 19.4. The predicted octanol–water partition coefficient (Wildman–Crippen LogP) is 1.77. The third-order valence-corrected chi connectivity index (χ3v) is 2.77. The van der Waals surface area contributed by atoms with Gasteiger partial charge < -0.3 is 10.4 Å². The summed E-state index contributed by atoms with van der Waals surface area (Å²) in [5, 5.41) is 12.1. The minimum absolute atomic E-state index is 0.490. The fraction of sp³-hybridized carbons (Fsp3) is 0.615. The molecule has 1 heterocycles. The van der Waals surface area contributed by atoms with E-state index in [2.05, 4.69) is 22.2 Å². The molecule has 0 aliphatic carbocycles. The van der Waals surface area contributed by atoms with Crippen LogP contribution in [-0.4, -0.2) is 27.1 Å². The van der Waals surface area contributed by atoms with Crippen LogP contribution in [0.25, 0.3) is 0 Å². The van der Waals surface area contributed by atoms with Crippen LogP contribution in [0.1, 0.15) is 44.5 Å². The number of carboxylic acids is 1. The lowest BCUT2D eigenvalue weighted by Crippen LogP contribution is -2.36. The van der Waals surface area contributed by atoms with Gasteiger partial charge in [0.25, 0.3) is 0 Å². The number of nitrogens with one attached hydrogen (secondary N) is 1. The largest absolute Gasteiger partial charge is 0.480 e. The molecular formula is C13H21N3O2. The molecule has 5 nitrogen and oxygen atoms in total. The Kier molecular flexibility index (Phi) is 6.28. The smallest absolute Gasteiger partial charge is 0.320 e. The first kappa shape index (κ1) is 14.6. The van der Waals surface area contributed by atoms with Gasteiger partial charge in [-0.3, -0.25) is 4.79 Å². The number of hydrogen-bond donors (Lipinski definition) is 2. The van der Waals surface area contributed by atoms with E-state index < -0.39 is 12.0 Å². The van der Waals surface area contributed by atoms with E-state index in [1.54, 1.807) is 12.4 Å². The van der Waals surface area contributed by atoms with Crippen molar-refractivity contribution in [3.05, 3.63) is 23.8 Å². The summed E-state index contributed by atoms with van der Waals surface area (Å²) in [5.41, 5.74) is 0.912. The number of carboxylic acid groups (broad SMARTS) is 1. The molecule has 1 atom stereocenters. The van der Waals surface area contributed by atoms with Crippen molar-refractivity contribution in [2.75, 3.05) is 0 Å². The SMILES string of the molecule is CCCC[C@H](NCc1cnc(CC)nc1)C(=O)O. The lowest BCUT2D eigenvalue weighted by atomic mass is 10.1. The first-order valence-electron chi connectivity index (χ1n) is 6.43. The summed E-state index contributed by atoms with van der Waals surface area (Å²) >= 11 is 0. The van der Waals surface area contributed by atoms with Gasteiger partial charge in [0.15, 0.2) is 0 Å². The third kappa shape index (κ3) is 4.79. The quantitative estimate of drug-likeness (QED) is 0.736. The van der Waals surface area contributed by atoms with Crippen LogP contribution in [0.3, 0.4) is 0 Å². The van der Waals surface area contributed by atoms with E-state index in [0.29, 0.717) is 13.0 Å². The second-order valence-corrected chi connectivity index (χ2v) is 4.28. The molecule has 0 unspecified atom stereocenters. The fourth-order valence-corrected chi connectivity index (χ4v) is 1.62. The maximum Gasteiger partial charge on any atom is 0.320 e. The molecule has 18 heavy (non-hydrogen) atoms. The van der Waals surface area contributed by atoms with Crippen molar-refractivity contribution >= 4 is 5.97 Å². The van der Waals surface area contributed by atoms with Crippen LogP contribution in [0.2, 0.25) is 0 Å². The van der Waals surface area contributed by atoms with Crippen molar-refractivity contribution in [3.63, 3.8) is 0 Å². The fourth-order valence-electron chi connectivity index (χ4n) is 1.62. The molecule has 1 aromatic heterocycles. The first-order chi connectivity index (χ1) is 8.67. The van der Waals surface area contributed by atoms with Crippen LogP contribution in [0, 0.1) is 0 Å². The van der Waals surface area contributed by atoms with Gasteiger partial charge in [0, 0.05) is 30.9 Å². The van der Waals surface area contributed by atoms with Gasteiger partial charge in [0.1, 0.15) is 11.9 Å². The summed E-state index contributed by atoms with van der Waals surface area (Å²) in [6.45, 7) is 4.54. The number of nitrogens with zero attached hydrogens (tertiary/aromatic N) is 2. The van der Waals surface area contributed by atoms with Gasteiger partial charge in [-0.1, -0.05) is 26.7 Å². The molecule has 0 fully saturated rings. The third-order valence-electron chi connectivity index (χ3n) is 2.77. The molecule has 0 saturated heterocycles. The number of aliphatic carboxylic acids is 1. The number of aryl methyl sites for hydroxylation is 1. The Hall–Kier alpha value is -1.49. The van der Waals surface area contributed by atoms with E-state index in [4.69, 9.17) is 5.11 Å². The minimum Gasteiger partial charge on any atom is -0.480 e. The van der Waals surface area contributed by atoms with Crippen molar-refractivity contribution in [3.8, 4) is 0 Å². The molecule has 1 rings (SSSR count). The van der Waals surface area contributed by atoms with Crippen molar-refractivity contribution in [1.82, 2.24) is 15.3 Å². The summed E-state index contributed by atoms with van der Waals surface area (Å²) in [7, 11) is 0. The van der Waals surface area contributed by atoms with Crippen molar-refractivity contribution in [2.45, 2.75) is 52.1 Å². The number of unbranched alkanes of at least 4 members (excludes halogenated alkanes) is 1. The van der Waals surface area contributed by atoms with Crippen LogP contribution in [0.15, 0.2) is 12.4 Å². The summed E-state index contributed by atoms with van der Waals surface area (Å²) in [6, 6.07) is -0.490. The molecule has 1 aromatic rings. The van der Waals surface area contributed by atoms with E-state index >= 15 is 0 Å². The molecule has 0 saturated carbocycles. The predicted molar refractivity (Wildman–Crippen MR) is 69.2 cm³/mol. The Morgan fingerprint density at radius 2 is 2.06 bits per heavy atom. The highest BCUT2D eigenvalue weighted by Crippen LogP contribution is 2.03. The topological polar surface area (TPSA) is 75.1 Å². The minimum atomic E-state index is -0.797. The molecule has 0 radical (unpaired) electrons. The van der Waals surface area contributed by atoms with E-state index in [1.165, 1.54) is 0 Å². The molecule has 0 spiro atoms. The number of aromatic nitrogens is 2. The Balaban J connectivity index is 2.47. The van der Waals surface area contributed by atoms with E-state index in [1.807, 2.05) is 6.92 Å². The molecule has 0 aliphatic rings. The zero-order valence-corrected chi connectivity index (χ0v) is 11.0. The Bertz CT molecular complexity index is 365. The second-order valence-electron chi connectivity index (χ2n) is 4.28. The molecular weight excluding hydrogens is 230 g/mol. The Labute approximate surface area is 108 Å². The molecule has 0 bridgehead atoms. The molecule has 0 aliphatic heterocycles. The van der Waals surface area contributed by atoms with Gasteiger partial charge in [-0.25, -0.2) is 9.97 Å². The summed E-state index contributed by atoms with van der Waals surface area (Å²) < 4.78 is 0. The normalized spacial score (nSPS) is 12.3. The molecule has 0 amide bonds. The van der Waals surface area contributed by atoms with Crippen LogP contribution >= 0.6 is 0 Å². The van der Waals surface area contributed by atoms with Crippen LogP contribution in [-0.2, 0) is 17.8 Å². The molecule has 5 heteroatoms. The lowest BCUT2D eigenvalue weighted by Gasteiger charge is -2.13.